The lowest BCUT2D eigenvalue weighted by Crippen LogP contribution is -2.46. The number of nitrogens with zero attached hydrogens (tertiary/aromatic N) is 6. The summed E-state index contributed by atoms with van der Waals surface area (Å²) in [4.78, 5) is 63.4. The molecule has 11 nitrogen and oxygen atoms in total. The molecule has 0 amide bonds. The second-order valence-corrected chi connectivity index (χ2v) is 41.0. The van der Waals surface area contributed by atoms with Crippen LogP contribution in [0.1, 0.15) is 218 Å². The molecule has 0 aromatic heterocycles. The molecule has 11 aromatic carbocycles. The van der Waals surface area contributed by atoms with Gasteiger partial charge < -0.3 is 34.7 Å². The van der Waals surface area contributed by atoms with E-state index in [0.29, 0.717) is 117 Å². The molecule has 11 aromatic rings. The minimum atomic E-state index is -4.44. The van der Waals surface area contributed by atoms with E-state index in [4.69, 9.17) is 0 Å². The normalized spacial score (nSPS) is 16.0. The molecule has 4 saturated heterocycles. The Labute approximate surface area is 856 Å². The maximum atomic E-state index is 13.2. The molecule has 0 saturated carbocycles. The highest BCUT2D eigenvalue weighted by molar-refractivity contribution is 5.88. The van der Waals surface area contributed by atoms with Crippen LogP contribution in [0.25, 0.3) is 44.5 Å². The number of carbonyl (C=O) groups excluding carboxylic acids is 4. The van der Waals surface area contributed by atoms with Crippen molar-refractivity contribution >= 4 is 57.3 Å². The van der Waals surface area contributed by atoms with Gasteiger partial charge in [0.1, 0.15) is 23.1 Å². The number of nitrogens with one attached hydrogen (secondary N) is 1. The average molecular weight is 2070 g/mol. The van der Waals surface area contributed by atoms with Crippen molar-refractivity contribution in [2.24, 2.45) is 23.7 Å². The lowest BCUT2D eigenvalue weighted by atomic mass is 9.85. The Bertz CT molecular complexity index is 6250. The van der Waals surface area contributed by atoms with Gasteiger partial charge in [0, 0.05) is 149 Å². The molecule has 4 fully saturated rings. The van der Waals surface area contributed by atoms with E-state index in [0.717, 1.165) is 205 Å². The van der Waals surface area contributed by atoms with Crippen LogP contribution in [0.4, 0.5) is 113 Å². The monoisotopic (exact) mass is 2060 g/mol. The van der Waals surface area contributed by atoms with E-state index in [9.17, 15) is 98.2 Å². The van der Waals surface area contributed by atoms with Gasteiger partial charge in [-0.3, -0.25) is 19.2 Å². The van der Waals surface area contributed by atoms with Crippen LogP contribution in [0.5, 0.6) is 0 Å². The minimum absolute atomic E-state index is 0.0126. The Morgan fingerprint density at radius 2 is 0.554 bits per heavy atom. The van der Waals surface area contributed by atoms with E-state index < -0.39 is 70.4 Å². The van der Waals surface area contributed by atoms with Crippen molar-refractivity contribution in [1.29, 1.82) is 0 Å². The van der Waals surface area contributed by atoms with E-state index >= 15 is 0 Å². The Morgan fingerprint density at radius 1 is 0.277 bits per heavy atom. The predicted molar refractivity (Wildman–Crippen MR) is 556 cm³/mol. The zero-order valence-corrected chi connectivity index (χ0v) is 85.8. The van der Waals surface area contributed by atoms with Gasteiger partial charge in [-0.2, -0.15) is 79.0 Å². The Hall–Kier alpha value is -12.4. The number of rotatable bonds is 28. The Morgan fingerprint density at radius 3 is 0.851 bits per heavy atom. The third kappa shape index (κ3) is 31.4. The van der Waals surface area contributed by atoms with Gasteiger partial charge in [0.05, 0.1) is 33.4 Å². The van der Waals surface area contributed by atoms with Crippen LogP contribution in [0.2, 0.25) is 0 Å². The number of hydrogen-bond acceptors (Lipinski definition) is 11. The SMILES string of the molecule is CC(=O)C(CC(C)C)c1cc(-c2ccc(C(F)(F)F)cc2)cc(N2CCCCC2Cc2ccccc2C)c1.CC(=O)C(CC(C)C)c1cc(-c2ccc(C(F)(F)F)cc2)cc(N2CCN(c3ccc(C(F)(F)F)cc3)CC2)c1.CC(=O)C(CC(C)C)c1cc(-c2ccc(C(F)(F)F)cc2)cc(N2CCN(c3cccc(C(F)(F)F)c3)CC2)c1.CC(=O)C(CC(C)C)c1cc(-c2ccc(C(F)(F)F)cc2)cc(N2CCNCC2)c1. The van der Waals surface area contributed by atoms with E-state index in [1.165, 1.54) is 84.3 Å². The number of piperidine rings is 1. The van der Waals surface area contributed by atoms with Gasteiger partial charge in [-0.25, -0.2) is 0 Å². The molecule has 1 N–H and O–H groups in total. The highest BCUT2D eigenvalue weighted by atomic mass is 19.4. The summed E-state index contributed by atoms with van der Waals surface area (Å²) in [5.74, 6) is 0.299. The first kappa shape index (κ1) is 114. The van der Waals surface area contributed by atoms with E-state index in [2.05, 4.69) is 102 Å². The number of aryl methyl sites for hydroxylation is 1. The van der Waals surface area contributed by atoms with Crippen LogP contribution in [-0.2, 0) is 62.7 Å². The zero-order chi connectivity index (χ0) is 108. The van der Waals surface area contributed by atoms with Crippen LogP contribution < -0.4 is 34.7 Å². The first-order valence-electron chi connectivity index (χ1n) is 50.6. The number of piperazine rings is 3. The third-order valence-corrected chi connectivity index (χ3v) is 27.9. The molecule has 0 aliphatic carbocycles. The number of ketones is 4. The second kappa shape index (κ2) is 49.4. The highest BCUT2D eigenvalue weighted by Gasteiger charge is 2.39. The van der Waals surface area contributed by atoms with Crippen molar-refractivity contribution in [3.63, 3.8) is 0 Å². The number of benzene rings is 11. The molecule has 148 heavy (non-hydrogen) atoms. The smallest absolute Gasteiger partial charge is 0.369 e. The maximum Gasteiger partial charge on any atom is 0.416 e. The van der Waals surface area contributed by atoms with Crippen LogP contribution in [0.3, 0.4) is 0 Å². The fourth-order valence-corrected chi connectivity index (χ4v) is 19.9. The maximum absolute atomic E-state index is 13.2. The fourth-order valence-electron chi connectivity index (χ4n) is 19.9. The topological polar surface area (TPSA) is 99.7 Å². The molecule has 5 atom stereocenters. The number of Topliss-reactive ketones (excluding diaryl/α,β-unsaturated/α-hetero) is 4. The zero-order valence-electron chi connectivity index (χ0n) is 85.8. The van der Waals surface area contributed by atoms with Crippen molar-refractivity contribution in [3.8, 4) is 44.5 Å². The first-order valence-corrected chi connectivity index (χ1v) is 50.6. The van der Waals surface area contributed by atoms with Crippen molar-refractivity contribution < 1.29 is 98.2 Å². The van der Waals surface area contributed by atoms with Crippen molar-refractivity contribution in [2.45, 2.75) is 208 Å². The summed E-state index contributed by atoms with van der Waals surface area (Å²) in [6, 6.07) is 63.6. The number of anilines is 6. The van der Waals surface area contributed by atoms with Crippen molar-refractivity contribution in [2.75, 3.05) is 114 Å². The Kier molecular flexibility index (Phi) is 38.1. The predicted octanol–water partition coefficient (Wildman–Crippen LogP) is 31.4. The number of carbonyl (C=O) groups is 4. The number of halogens is 18. The van der Waals surface area contributed by atoms with E-state index in [-0.39, 0.29) is 58.6 Å². The lowest BCUT2D eigenvalue weighted by Gasteiger charge is -2.39. The molecule has 0 bridgehead atoms. The highest BCUT2D eigenvalue weighted by Crippen LogP contribution is 2.46. The molecule has 4 heterocycles. The number of hydrogen-bond donors (Lipinski definition) is 1. The van der Waals surface area contributed by atoms with Gasteiger partial charge in [0.2, 0.25) is 0 Å². The van der Waals surface area contributed by atoms with Gasteiger partial charge in [0.15, 0.2) is 0 Å². The summed E-state index contributed by atoms with van der Waals surface area (Å²) >= 11 is 0. The first-order chi connectivity index (χ1) is 69.6. The molecule has 0 radical (unpaired) electrons. The molecular formula is C119H131F18N7O4. The van der Waals surface area contributed by atoms with Gasteiger partial charge in [-0.1, -0.05) is 159 Å². The van der Waals surface area contributed by atoms with E-state index in [1.807, 2.05) is 92.1 Å². The summed E-state index contributed by atoms with van der Waals surface area (Å²) in [7, 11) is 0. The molecular weight excluding hydrogens is 1930 g/mol. The summed E-state index contributed by atoms with van der Waals surface area (Å²) in [6.07, 6.45) is -19.4. The van der Waals surface area contributed by atoms with Crippen LogP contribution in [0, 0.1) is 30.6 Å². The summed E-state index contributed by atoms with van der Waals surface area (Å²) in [5, 5.41) is 3.33. The van der Waals surface area contributed by atoms with Crippen LogP contribution in [0.15, 0.2) is 243 Å². The van der Waals surface area contributed by atoms with Crippen molar-refractivity contribution in [1.82, 2.24) is 5.32 Å². The molecule has 792 valence electrons. The van der Waals surface area contributed by atoms with Gasteiger partial charge in [0.25, 0.3) is 0 Å². The van der Waals surface area contributed by atoms with Gasteiger partial charge >= 0.3 is 37.1 Å². The average Bonchev–Trinajstić information content (AvgIpc) is 0.531. The standard InChI is InChI=1S/C33H38F3NO.2C31H32F6N2O.C24H29F3N2O/c1-22(2)17-32(24(4)38)28-18-27(25-12-14-29(15-13-25)33(34,35)36)20-31(21-28)37-16-8-7-11-30(37)19-26-10-6-5-9-23(26)3;1-20(2)16-29(21(3)40)24-17-23(22-4-6-25(7-5-22)30(32,33)34)18-28(19-24)39-14-12-38(13-15-39)27-10-8-26(9-11-27)31(35,36)37;1-20(2)15-29(21(3)40)24-16-23(22-7-9-25(10-8-22)30(32,33)34)17-28(18-24)39-13-11-38(12-14-39)27-6-4-5-26(19-27)31(35,36)37;1-16(2)12-23(17(3)30)20-13-19(14-22(15-20)29-10-8-28-9-11-29)18-4-6-21(7-5-18)24(25,26)27/h5-6,9-10,12-15,18,20-22,30,32H,7-8,11,16-17,19H2,1-4H3;4-11,17-20,29H,12-16H2,1-3H3;4-10,16-20,29H,11-15H2,1-3H3;4-7,13-16,23,28H,8-12H2,1-3H3. The van der Waals surface area contributed by atoms with Crippen molar-refractivity contribution in [3.05, 3.63) is 309 Å². The van der Waals surface area contributed by atoms with Crippen LogP contribution in [-0.4, -0.2) is 114 Å². The molecule has 4 aliphatic rings. The summed E-state index contributed by atoms with van der Waals surface area (Å²) < 4.78 is 236. The minimum Gasteiger partial charge on any atom is -0.369 e. The number of alkyl halides is 18. The van der Waals surface area contributed by atoms with Gasteiger partial charge in [-0.05, 0) is 327 Å². The van der Waals surface area contributed by atoms with E-state index in [1.54, 1.807) is 33.8 Å². The molecule has 0 spiro atoms. The molecule has 15 rings (SSSR count). The fraction of sp³-hybridized carbons (Fsp3) is 0.412. The summed E-state index contributed by atoms with van der Waals surface area (Å²) in [5.41, 5.74) is 12.7. The Balaban J connectivity index is 0.000000176. The van der Waals surface area contributed by atoms with Crippen LogP contribution >= 0.6 is 0 Å². The largest absolute Gasteiger partial charge is 0.416 e. The quantitative estimate of drug-likeness (QED) is 0.0475. The second-order valence-electron chi connectivity index (χ2n) is 41.0. The molecule has 5 unspecified atom stereocenters. The molecule has 4 aliphatic heterocycles. The molecule has 29 heteroatoms. The summed E-state index contributed by atoms with van der Waals surface area (Å²) in [6.45, 7) is 33.8. The van der Waals surface area contributed by atoms with Gasteiger partial charge in [-0.15, -0.1) is 0 Å². The third-order valence-electron chi connectivity index (χ3n) is 27.9. The lowest BCUT2D eigenvalue weighted by molar-refractivity contribution is -0.138.